The third kappa shape index (κ3) is 42.3. The van der Waals surface area contributed by atoms with Gasteiger partial charge in [0.15, 0.2) is 12.4 Å². The van der Waals surface area contributed by atoms with E-state index >= 15 is 0 Å². The fraction of sp³-hybridized carbons (Fsp3) is 0.864. The summed E-state index contributed by atoms with van der Waals surface area (Å²) in [6.45, 7) is 6.67. The molecular weight excluding hydrogens is 1170 g/mol. The number of hydrogen-bond donors (Lipinski definition) is 9. The van der Waals surface area contributed by atoms with Gasteiger partial charge in [-0.2, -0.15) is 0 Å². The van der Waals surface area contributed by atoms with Crippen LogP contribution in [0.1, 0.15) is 234 Å². The van der Waals surface area contributed by atoms with Gasteiger partial charge in [0.1, 0.15) is 55.2 Å². The van der Waals surface area contributed by atoms with E-state index in [0.717, 1.165) is 51.9 Å². The van der Waals surface area contributed by atoms with Gasteiger partial charge in [0.05, 0.1) is 19.8 Å². The van der Waals surface area contributed by atoms with Gasteiger partial charge in [0, 0.05) is 32.7 Å². The number of unbranched alkanes of at least 4 members (excludes halogenated alkanes) is 24. The van der Waals surface area contributed by atoms with Crippen molar-refractivity contribution < 1.29 is 126 Å². The molecule has 0 saturated carbocycles. The third-order valence-electron chi connectivity index (χ3n) is 14.6. The van der Waals surface area contributed by atoms with Crippen molar-refractivity contribution in [2.24, 2.45) is 5.73 Å². The van der Waals surface area contributed by atoms with Crippen LogP contribution >= 0.6 is 7.82 Å². The number of phosphoric ester groups is 1. The van der Waals surface area contributed by atoms with Crippen LogP contribution in [-0.2, 0) is 70.9 Å². The SMILES string of the molecule is CCCCCCCCCCCCCCCC(=O)OCC(COP(=O)([O-])OCCNC(=O)[C@H](C)NC(=O)CC[C@@H](NC(=O)[C@H](C)NC(=O)[C@@H](C)O[C@H]1[C@H](O)[C@@H](CO)OC(O)[C@@H]1NC(C)=O)C(N)=O)OC(=O)CCCCCCCCCCCCCCC.O.[Na+]. The molecule has 3 unspecified atom stereocenters. The van der Waals surface area contributed by atoms with Gasteiger partial charge in [-0.25, -0.2) is 0 Å². The topological polar surface area (TPSA) is 410 Å². The van der Waals surface area contributed by atoms with Crippen LogP contribution in [0.2, 0.25) is 0 Å². The number of amides is 6. The van der Waals surface area contributed by atoms with Gasteiger partial charge in [0.2, 0.25) is 35.4 Å². The number of ether oxygens (including phenoxy) is 4. The summed E-state index contributed by atoms with van der Waals surface area (Å²) in [4.78, 5) is 114. The predicted octanol–water partition coefficient (Wildman–Crippen LogP) is 1.31. The van der Waals surface area contributed by atoms with Crippen molar-refractivity contribution >= 4 is 55.2 Å². The van der Waals surface area contributed by atoms with Crippen molar-refractivity contribution in [1.29, 1.82) is 0 Å². The summed E-state index contributed by atoms with van der Waals surface area (Å²) in [6, 6.07) is -5.22. The van der Waals surface area contributed by atoms with E-state index < -0.39 is 149 Å². The molecule has 502 valence electrons. The molecule has 0 aromatic heterocycles. The zero-order valence-corrected chi connectivity index (χ0v) is 56.3. The molecule has 0 bridgehead atoms. The van der Waals surface area contributed by atoms with Crippen LogP contribution in [0.4, 0.5) is 0 Å². The van der Waals surface area contributed by atoms with Gasteiger partial charge >= 0.3 is 41.5 Å². The fourth-order valence-corrected chi connectivity index (χ4v) is 10.2. The number of hydrogen-bond acceptors (Lipinski definition) is 19. The minimum atomic E-state index is -5.05. The Bertz CT molecular complexity index is 1970. The second kappa shape index (κ2) is 52.3. The molecule has 0 aromatic carbocycles. The van der Waals surface area contributed by atoms with E-state index in [0.29, 0.717) is 12.8 Å². The number of nitrogens with one attached hydrogen (secondary N) is 5. The molecule has 12 N–H and O–H groups in total. The molecule has 1 fully saturated rings. The largest absolute Gasteiger partial charge is 1.00 e. The Kier molecular flexibility index (Phi) is 51.5. The Morgan fingerprint density at radius 1 is 0.632 bits per heavy atom. The van der Waals surface area contributed by atoms with Crippen LogP contribution in [0.25, 0.3) is 0 Å². The number of aliphatic hydroxyl groups excluding tert-OH is 3. The van der Waals surface area contributed by atoms with Gasteiger partial charge < -0.3 is 86.0 Å². The Morgan fingerprint density at radius 3 is 1.57 bits per heavy atom. The third-order valence-corrected chi connectivity index (χ3v) is 15.5. The average Bonchev–Trinajstić information content (AvgIpc) is 1.33. The van der Waals surface area contributed by atoms with Crippen LogP contribution in [0.3, 0.4) is 0 Å². The van der Waals surface area contributed by atoms with Crippen LogP contribution in [-0.4, -0.2) is 162 Å². The van der Waals surface area contributed by atoms with Crippen LogP contribution in [0.5, 0.6) is 0 Å². The van der Waals surface area contributed by atoms with Gasteiger partial charge in [-0.05, 0) is 40.0 Å². The van der Waals surface area contributed by atoms with E-state index in [9.17, 15) is 63.1 Å². The molecule has 1 aliphatic rings. The van der Waals surface area contributed by atoms with Crippen molar-refractivity contribution in [3.8, 4) is 0 Å². The van der Waals surface area contributed by atoms with Crippen LogP contribution < -0.4 is 66.8 Å². The minimum absolute atomic E-state index is 0. The zero-order valence-electron chi connectivity index (χ0n) is 53.4. The summed E-state index contributed by atoms with van der Waals surface area (Å²) in [5.41, 5.74) is 5.48. The van der Waals surface area contributed by atoms with Crippen LogP contribution in [0, 0.1) is 0 Å². The summed E-state index contributed by atoms with van der Waals surface area (Å²) >= 11 is 0. The molecule has 0 radical (unpaired) electrons. The Morgan fingerprint density at radius 2 is 1.10 bits per heavy atom. The molecular formula is C59H110N6NaO20P. The number of esters is 2. The average molecular weight is 1280 g/mol. The van der Waals surface area contributed by atoms with Crippen molar-refractivity contribution in [2.75, 3.05) is 33.0 Å². The maximum Gasteiger partial charge on any atom is 1.00 e. The normalized spacial score (nSPS) is 18.8. The molecule has 87 heavy (non-hydrogen) atoms. The van der Waals surface area contributed by atoms with E-state index in [1.807, 2.05) is 0 Å². The molecule has 11 atom stereocenters. The molecule has 0 aliphatic carbocycles. The second-order valence-electron chi connectivity index (χ2n) is 22.4. The van der Waals surface area contributed by atoms with E-state index in [4.69, 9.17) is 33.7 Å². The molecule has 0 aromatic rings. The molecule has 28 heteroatoms. The maximum absolute atomic E-state index is 13.0. The minimum Gasteiger partial charge on any atom is -0.756 e. The Balaban J connectivity index is 0. The van der Waals surface area contributed by atoms with E-state index in [1.165, 1.54) is 130 Å². The van der Waals surface area contributed by atoms with Crippen molar-refractivity contribution in [3.63, 3.8) is 0 Å². The predicted molar refractivity (Wildman–Crippen MR) is 319 cm³/mol. The van der Waals surface area contributed by atoms with Crippen molar-refractivity contribution in [3.05, 3.63) is 0 Å². The van der Waals surface area contributed by atoms with E-state index in [-0.39, 0.29) is 60.8 Å². The maximum atomic E-state index is 13.0. The summed E-state index contributed by atoms with van der Waals surface area (Å²) in [7, 11) is -5.05. The monoisotopic (exact) mass is 1280 g/mol. The second-order valence-corrected chi connectivity index (χ2v) is 23.8. The number of carbonyl (C=O) groups excluding carboxylic acids is 8. The molecule has 1 aliphatic heterocycles. The fourth-order valence-electron chi connectivity index (χ4n) is 9.46. The molecule has 1 saturated heterocycles. The number of primary amides is 1. The first-order valence-electron chi connectivity index (χ1n) is 31.5. The standard InChI is InChI=1S/C59H109N6O19P.Na.H2O/c1-7-9-11-13-15-17-19-21-23-25-27-29-31-33-50(69)79-40-46(83-51(70)34-32-30-28-26-24-22-20-18-16-14-12-10-8-2)41-81-85(77,78)80-38-37-61-56(73)42(3)62-49(68)36-35-47(55(60)72)65-57(74)43(4)63-58(75)44(5)82-54-52(64-45(6)67)59(76)84-48(39-66)53(54)71;;/h42-44,46-48,52-54,59,66,71,76H,7-41H2,1-6H3,(H2,60,72)(H,61,73)(H,62,68)(H,63,75)(H,64,67)(H,65,74)(H,77,78);;1H2/q;+1;/p-1/t42-,43-,44+,46?,47+,48+,52+,53+,54+,59?;;/m0../s1. The van der Waals surface area contributed by atoms with Crippen molar-refractivity contribution in [2.45, 2.75) is 295 Å². The summed E-state index contributed by atoms with van der Waals surface area (Å²) in [5.74, 6) is -5.96. The molecule has 6 amide bonds. The summed E-state index contributed by atoms with van der Waals surface area (Å²) < 4.78 is 44.5. The Labute approximate surface area is 539 Å². The number of phosphoric acid groups is 1. The van der Waals surface area contributed by atoms with Gasteiger partial charge in [-0.3, -0.25) is 42.9 Å². The zero-order chi connectivity index (χ0) is 63.4. The quantitative estimate of drug-likeness (QED) is 0.0179. The summed E-state index contributed by atoms with van der Waals surface area (Å²) in [6.07, 6.45) is 20.6. The van der Waals surface area contributed by atoms with Crippen LogP contribution in [0.15, 0.2) is 0 Å². The van der Waals surface area contributed by atoms with Gasteiger partial charge in [0.25, 0.3) is 7.82 Å². The first kappa shape index (κ1) is 85.7. The van der Waals surface area contributed by atoms with Gasteiger partial charge in [-0.1, -0.05) is 168 Å². The first-order chi connectivity index (χ1) is 40.5. The number of aliphatic hydroxyl groups is 3. The summed E-state index contributed by atoms with van der Waals surface area (Å²) in [5, 5.41) is 42.5. The molecule has 0 spiro atoms. The molecule has 1 heterocycles. The number of nitrogens with two attached hydrogens (primary N) is 1. The van der Waals surface area contributed by atoms with Crippen molar-refractivity contribution in [1.82, 2.24) is 26.6 Å². The Hall–Kier alpha value is -3.37. The molecule has 1 rings (SSSR count). The van der Waals surface area contributed by atoms with Gasteiger partial charge in [-0.15, -0.1) is 0 Å². The number of carbonyl (C=O) groups is 8. The van der Waals surface area contributed by atoms with E-state index in [1.54, 1.807) is 0 Å². The number of rotatable bonds is 52. The van der Waals surface area contributed by atoms with E-state index in [2.05, 4.69) is 40.4 Å². The molecule has 26 nitrogen and oxygen atoms in total. The smallest absolute Gasteiger partial charge is 0.756 e. The first-order valence-corrected chi connectivity index (χ1v) is 33.0.